The summed E-state index contributed by atoms with van der Waals surface area (Å²) < 4.78 is 3.83. The first-order valence-corrected chi connectivity index (χ1v) is 2.69. The summed E-state index contributed by atoms with van der Waals surface area (Å²) in [6.45, 7) is 1.79. The molecule has 0 spiro atoms. The number of nitrogens with zero attached hydrogens (tertiary/aromatic N) is 1. The maximum Gasteiger partial charge on any atom is 0.338 e. The first-order chi connectivity index (χ1) is 4.30. The van der Waals surface area contributed by atoms with E-state index in [-0.39, 0.29) is 0 Å². The molecule has 0 radical (unpaired) electrons. The van der Waals surface area contributed by atoms with Gasteiger partial charge in [0.15, 0.2) is 0 Å². The quantitative estimate of drug-likeness (QED) is 0.446. The van der Waals surface area contributed by atoms with Crippen molar-refractivity contribution < 1.29 is 0 Å². The Morgan fingerprint density at radius 2 is 2.44 bits per heavy atom. The van der Waals surface area contributed by atoms with E-state index >= 15 is 0 Å². The van der Waals surface area contributed by atoms with E-state index in [1.807, 2.05) is 0 Å². The van der Waals surface area contributed by atoms with E-state index in [0.717, 1.165) is 0 Å². The fourth-order valence-corrected chi connectivity index (χ4v) is 0.502. The van der Waals surface area contributed by atoms with E-state index < -0.39 is 0 Å². The van der Waals surface area contributed by atoms with Gasteiger partial charge in [-0.1, -0.05) is 0 Å². The minimum absolute atomic E-state index is 0.455. The molecule has 0 saturated heterocycles. The van der Waals surface area contributed by atoms with Crippen LogP contribution < -0.4 is 4.67 Å². The lowest BCUT2D eigenvalue weighted by Gasteiger charge is -1.76. The molecular weight excluding hydrogens is 112 g/mol. The molecule has 1 aliphatic rings. The highest BCUT2D eigenvalue weighted by Gasteiger charge is 2.05. The molecule has 1 heterocycles. The summed E-state index contributed by atoms with van der Waals surface area (Å²) >= 11 is 0. The summed E-state index contributed by atoms with van der Waals surface area (Å²) in [5.41, 5.74) is 1.16. The van der Waals surface area contributed by atoms with Crippen molar-refractivity contribution in [2.75, 3.05) is 0 Å². The Morgan fingerprint density at radius 1 is 1.67 bits per heavy atom. The highest BCUT2D eigenvalue weighted by Crippen LogP contribution is 1.81. The van der Waals surface area contributed by atoms with Crippen LogP contribution in [0.1, 0.15) is 6.92 Å². The van der Waals surface area contributed by atoms with Crippen molar-refractivity contribution in [2.45, 2.75) is 6.92 Å². The van der Waals surface area contributed by atoms with Crippen molar-refractivity contribution in [1.29, 1.82) is 5.41 Å². The number of hydrogen-bond donors (Lipinski definition) is 1. The highest BCUT2D eigenvalue weighted by atomic mass is 14.6. The topological polar surface area (TPSA) is 38.0 Å². The number of rotatable bonds is 0. The van der Waals surface area contributed by atoms with Crippen LogP contribution in [0.15, 0.2) is 18.2 Å². The molecule has 1 aliphatic heterocycles. The number of hydrogen-bond acceptors (Lipinski definition) is 1. The third-order valence-electron chi connectivity index (χ3n) is 1.06. The van der Waals surface area contributed by atoms with Crippen molar-refractivity contribution in [3.8, 4) is 0 Å². The average molecular weight is 119 g/mol. The zero-order valence-corrected chi connectivity index (χ0v) is 5.18. The second kappa shape index (κ2) is 2.27. The maximum atomic E-state index is 7.26. The van der Waals surface area contributed by atoms with Crippen LogP contribution in [0.4, 0.5) is 0 Å². The van der Waals surface area contributed by atoms with Crippen LogP contribution in [0.2, 0.25) is 0 Å². The standard InChI is InChI=1S/C7H7N2/c1-6-7(8)4-2-3-5-9-6/h2-4,8H,1H3/q+1. The van der Waals surface area contributed by atoms with Gasteiger partial charge in [-0.05, 0) is 16.8 Å². The van der Waals surface area contributed by atoms with Gasteiger partial charge in [-0.3, -0.25) is 5.41 Å². The van der Waals surface area contributed by atoms with Gasteiger partial charge >= 0.3 is 11.6 Å². The third kappa shape index (κ3) is 1.26. The van der Waals surface area contributed by atoms with Crippen LogP contribution in [0, 0.1) is 5.41 Å². The van der Waals surface area contributed by atoms with E-state index in [2.05, 4.69) is 10.5 Å². The molecule has 2 nitrogen and oxygen atoms in total. The van der Waals surface area contributed by atoms with Crippen LogP contribution in [-0.2, 0) is 0 Å². The second-order valence-corrected chi connectivity index (χ2v) is 1.77. The molecule has 1 N–H and O–H groups in total. The van der Waals surface area contributed by atoms with Crippen molar-refractivity contribution in [1.82, 2.24) is 4.67 Å². The smallest absolute Gasteiger partial charge is 0.294 e. The van der Waals surface area contributed by atoms with Crippen LogP contribution in [0.3, 0.4) is 0 Å². The van der Waals surface area contributed by atoms with Crippen LogP contribution >= 0.6 is 0 Å². The summed E-state index contributed by atoms with van der Waals surface area (Å²) in [7, 11) is 0. The normalized spacial score (nSPS) is 15.7. The minimum atomic E-state index is 0.455. The Kier molecular flexibility index (Phi) is 1.46. The Hall–Kier alpha value is -1.36. The number of nitrogens with one attached hydrogen (secondary N) is 1. The molecule has 0 bridgehead atoms. The van der Waals surface area contributed by atoms with E-state index in [0.29, 0.717) is 11.4 Å². The Morgan fingerprint density at radius 3 is 3.22 bits per heavy atom. The van der Waals surface area contributed by atoms with Gasteiger partial charge in [0.25, 0.3) is 0 Å². The van der Waals surface area contributed by atoms with Gasteiger partial charge in [-0.2, -0.15) is 0 Å². The average Bonchev–Trinajstić information content (AvgIpc) is 1.99. The second-order valence-electron chi connectivity index (χ2n) is 1.77. The summed E-state index contributed by atoms with van der Waals surface area (Å²) in [6, 6.07) is 0. The fourth-order valence-electron chi connectivity index (χ4n) is 0.502. The van der Waals surface area contributed by atoms with Gasteiger partial charge in [0.2, 0.25) is 0 Å². The van der Waals surface area contributed by atoms with Crippen LogP contribution in [-0.4, -0.2) is 17.3 Å². The van der Waals surface area contributed by atoms with E-state index in [4.69, 9.17) is 5.41 Å². The summed E-state index contributed by atoms with van der Waals surface area (Å²) in [5, 5.41) is 7.26. The summed E-state index contributed by atoms with van der Waals surface area (Å²) in [6.07, 6.45) is 5.13. The predicted molar refractivity (Wildman–Crippen MR) is 39.3 cm³/mol. The van der Waals surface area contributed by atoms with Gasteiger partial charge in [0.1, 0.15) is 5.71 Å². The van der Waals surface area contributed by atoms with E-state index in [1.54, 1.807) is 25.2 Å². The first kappa shape index (κ1) is 5.77. The molecule has 0 fully saturated rings. The molecule has 1 rings (SSSR count). The lowest BCUT2D eigenvalue weighted by molar-refractivity contribution is 1.53. The molecule has 2 heteroatoms. The van der Waals surface area contributed by atoms with Crippen molar-refractivity contribution >= 4 is 17.3 Å². The van der Waals surface area contributed by atoms with Crippen molar-refractivity contribution in [2.24, 2.45) is 0 Å². The maximum absolute atomic E-state index is 7.26. The largest absolute Gasteiger partial charge is 0.338 e. The lowest BCUT2D eigenvalue weighted by Crippen LogP contribution is -2.06. The summed E-state index contributed by atoms with van der Waals surface area (Å²) in [5.74, 6) is 2.66. The van der Waals surface area contributed by atoms with Crippen LogP contribution in [0.25, 0.3) is 0 Å². The molecule has 0 aromatic heterocycles. The Labute approximate surface area is 53.5 Å². The molecule has 0 atom stereocenters. The molecule has 44 valence electrons. The van der Waals surface area contributed by atoms with E-state index in [1.165, 1.54) is 0 Å². The summed E-state index contributed by atoms with van der Waals surface area (Å²) in [4.78, 5) is 0. The lowest BCUT2D eigenvalue weighted by atomic mass is 10.2. The van der Waals surface area contributed by atoms with Gasteiger partial charge in [-0.25, -0.2) is 0 Å². The first-order valence-electron chi connectivity index (χ1n) is 2.69. The van der Waals surface area contributed by atoms with Gasteiger partial charge in [-0.15, -0.1) is 0 Å². The molecule has 0 amide bonds. The van der Waals surface area contributed by atoms with Gasteiger partial charge in [0.05, 0.1) is 6.08 Å². The monoisotopic (exact) mass is 119 g/mol. The molecular formula is C7H7N2+. The Balaban J connectivity index is 3.16. The van der Waals surface area contributed by atoms with Gasteiger partial charge < -0.3 is 0 Å². The van der Waals surface area contributed by atoms with Crippen molar-refractivity contribution in [3.63, 3.8) is 0 Å². The van der Waals surface area contributed by atoms with Crippen LogP contribution in [0.5, 0.6) is 0 Å². The van der Waals surface area contributed by atoms with Crippen molar-refractivity contribution in [3.05, 3.63) is 18.2 Å². The highest BCUT2D eigenvalue weighted by molar-refractivity contribution is 6.44. The van der Waals surface area contributed by atoms with Gasteiger partial charge in [0, 0.05) is 6.92 Å². The Bertz CT molecular complexity index is 259. The molecule has 0 saturated carbocycles. The van der Waals surface area contributed by atoms with E-state index in [9.17, 15) is 0 Å². The minimum Gasteiger partial charge on any atom is -0.294 e. The molecule has 0 unspecified atom stereocenters. The zero-order valence-electron chi connectivity index (χ0n) is 5.18. The number of allylic oxidation sites excluding steroid dienone is 3. The third-order valence-corrected chi connectivity index (χ3v) is 1.06. The molecule has 9 heavy (non-hydrogen) atoms. The molecule has 0 aromatic rings. The predicted octanol–water partition coefficient (Wildman–Crippen LogP) is 0.330. The zero-order chi connectivity index (χ0) is 6.69. The fraction of sp³-hybridized carbons (Fsp3) is 0.143. The molecule has 0 aliphatic carbocycles. The molecule has 0 aromatic carbocycles. The SMILES string of the molecule is CC1=[N+]=C=CC=CC1=N.